The van der Waals surface area contributed by atoms with E-state index in [4.69, 9.17) is 0 Å². The Morgan fingerprint density at radius 3 is 1.25 bits per heavy atom. The number of hydrogen-bond acceptors (Lipinski definition) is 18. The molecular weight excluding hydrogens is 1070 g/mol. The Labute approximate surface area is 462 Å². The van der Waals surface area contributed by atoms with Crippen molar-refractivity contribution in [2.75, 3.05) is 72.1 Å². The summed E-state index contributed by atoms with van der Waals surface area (Å²) in [5.41, 5.74) is 0. The van der Waals surface area contributed by atoms with E-state index >= 15 is 0 Å². The highest BCUT2D eigenvalue weighted by Gasteiger charge is 2.20. The number of carbonyl (C=O) groups is 6. The SMILES string of the molecule is C.CC(=O)C1CCSS1.CC(=O)CCC1CCSS1.CC(=O)CCCCC1CCSS1.CSCCC(CCC(C)=O)SC.CSCCC(CCCCC(C)=O)SC.CSCCC(SC)C(C)=O. The molecule has 398 valence electrons. The monoisotopic (exact) mass is 1160 g/mol. The summed E-state index contributed by atoms with van der Waals surface area (Å²) in [6.07, 6.45) is 32.4. The van der Waals surface area contributed by atoms with Crippen molar-refractivity contribution in [3.63, 3.8) is 0 Å². The fourth-order valence-corrected chi connectivity index (χ4v) is 18.9. The maximum atomic E-state index is 10.9. The molecule has 6 atom stereocenters. The van der Waals surface area contributed by atoms with E-state index in [1.165, 1.54) is 74.4 Å². The summed E-state index contributed by atoms with van der Waals surface area (Å²) in [6.45, 7) is 10.0. The van der Waals surface area contributed by atoms with Crippen LogP contribution in [0.5, 0.6) is 0 Å². The van der Waals surface area contributed by atoms with Crippen LogP contribution in [-0.4, -0.2) is 138 Å². The fraction of sp³-hybridized carbons (Fsp3) is 0.878. The van der Waals surface area contributed by atoms with Gasteiger partial charge in [-0.25, -0.2) is 0 Å². The van der Waals surface area contributed by atoms with Gasteiger partial charge in [0.15, 0.2) is 0 Å². The van der Waals surface area contributed by atoms with Crippen LogP contribution < -0.4 is 0 Å². The Balaban J connectivity index is -0.000000357. The lowest BCUT2D eigenvalue weighted by atomic mass is 10.1. The number of rotatable bonds is 30. The van der Waals surface area contributed by atoms with Crippen LogP contribution in [0.15, 0.2) is 0 Å². The molecule has 0 bridgehead atoms. The van der Waals surface area contributed by atoms with Crippen molar-refractivity contribution in [1.29, 1.82) is 0 Å². The molecule has 0 N–H and O–H groups in total. The van der Waals surface area contributed by atoms with Gasteiger partial charge in [0.2, 0.25) is 0 Å². The maximum absolute atomic E-state index is 10.9. The quantitative estimate of drug-likeness (QED) is 0.0503. The molecule has 3 rings (SSSR count). The summed E-state index contributed by atoms with van der Waals surface area (Å²) in [5.74, 6) is 9.26. The molecule has 0 aliphatic carbocycles. The molecule has 0 saturated carbocycles. The summed E-state index contributed by atoms with van der Waals surface area (Å²) >= 11 is 11.1. The minimum Gasteiger partial charge on any atom is -0.300 e. The van der Waals surface area contributed by atoms with E-state index < -0.39 is 0 Å². The van der Waals surface area contributed by atoms with Gasteiger partial charge in [0.05, 0.1) is 10.5 Å². The van der Waals surface area contributed by atoms with Gasteiger partial charge in [-0.15, -0.1) is 0 Å². The van der Waals surface area contributed by atoms with Gasteiger partial charge in [0.25, 0.3) is 0 Å². The van der Waals surface area contributed by atoms with Crippen LogP contribution in [0.4, 0.5) is 0 Å². The molecule has 3 fully saturated rings. The Hall–Kier alpha value is 2.22. The topological polar surface area (TPSA) is 102 Å². The lowest BCUT2D eigenvalue weighted by molar-refractivity contribution is -0.117. The highest BCUT2D eigenvalue weighted by molar-refractivity contribution is 8.78. The summed E-state index contributed by atoms with van der Waals surface area (Å²) < 4.78 is 0. The third-order valence-corrected chi connectivity index (χ3v) is 24.4. The highest BCUT2D eigenvalue weighted by Crippen LogP contribution is 2.40. The summed E-state index contributed by atoms with van der Waals surface area (Å²) in [7, 11) is 11.4. The van der Waals surface area contributed by atoms with Crippen LogP contribution in [0.1, 0.15) is 165 Å². The van der Waals surface area contributed by atoms with Crippen molar-refractivity contribution in [2.24, 2.45) is 0 Å². The van der Waals surface area contributed by atoms with E-state index in [-0.39, 0.29) is 12.7 Å². The lowest BCUT2D eigenvalue weighted by Crippen LogP contribution is -2.13. The molecule has 3 aliphatic rings. The van der Waals surface area contributed by atoms with Gasteiger partial charge in [-0.3, -0.25) is 9.59 Å². The second kappa shape index (κ2) is 56.0. The van der Waals surface area contributed by atoms with E-state index in [1.54, 1.807) is 86.7 Å². The van der Waals surface area contributed by atoms with Gasteiger partial charge in [0, 0.05) is 63.9 Å². The molecule has 67 heavy (non-hydrogen) atoms. The van der Waals surface area contributed by atoms with E-state index in [0.29, 0.717) is 45.2 Å². The van der Waals surface area contributed by atoms with E-state index in [0.717, 1.165) is 91.5 Å². The molecule has 0 spiro atoms. The first-order valence-corrected chi connectivity index (χ1v) is 38.6. The Bertz CT molecular complexity index is 1200. The van der Waals surface area contributed by atoms with Crippen molar-refractivity contribution < 1.29 is 28.8 Å². The number of Topliss-reactive ketones (excluding diaryl/α,β-unsaturated/α-hetero) is 6. The predicted molar refractivity (Wildman–Crippen MR) is 332 cm³/mol. The molecule has 3 heterocycles. The Morgan fingerprint density at radius 1 is 0.463 bits per heavy atom. The second-order valence-electron chi connectivity index (χ2n) is 16.2. The number of unbranched alkanes of at least 4 members (excludes halogenated alkanes) is 2. The number of thioether (sulfide) groups is 6. The maximum Gasteiger partial charge on any atom is 0.143 e. The first-order valence-electron chi connectivity index (χ1n) is 23.4. The molecule has 18 heteroatoms. The van der Waals surface area contributed by atoms with Gasteiger partial charge < -0.3 is 19.2 Å². The van der Waals surface area contributed by atoms with Crippen LogP contribution in [0, 0.1) is 0 Å². The minimum atomic E-state index is 0. The minimum absolute atomic E-state index is 0. The number of ketones is 6. The third kappa shape index (κ3) is 55.8. The summed E-state index contributed by atoms with van der Waals surface area (Å²) in [6, 6.07) is 0. The van der Waals surface area contributed by atoms with Crippen molar-refractivity contribution in [2.45, 2.75) is 196 Å². The zero-order valence-electron chi connectivity index (χ0n) is 42.8. The number of carbonyl (C=O) groups excluding carboxylic acids is 6. The Kier molecular flexibility index (Phi) is 63.3. The van der Waals surface area contributed by atoms with Gasteiger partial charge in [0.1, 0.15) is 34.7 Å². The van der Waals surface area contributed by atoms with Crippen molar-refractivity contribution in [1.82, 2.24) is 0 Å². The second-order valence-corrected chi connectivity index (χ2v) is 30.8. The fourth-order valence-electron chi connectivity index (χ4n) is 5.92. The van der Waals surface area contributed by atoms with E-state index in [9.17, 15) is 28.8 Å². The molecule has 6 unspecified atom stereocenters. The van der Waals surface area contributed by atoms with Crippen LogP contribution in [0.3, 0.4) is 0 Å². The molecule has 3 aliphatic heterocycles. The molecule has 0 aromatic heterocycles. The molecular formula is C49H94O6S12. The third-order valence-electron chi connectivity index (χ3n) is 10.1. The van der Waals surface area contributed by atoms with Crippen LogP contribution in [0.25, 0.3) is 0 Å². The largest absolute Gasteiger partial charge is 0.300 e. The van der Waals surface area contributed by atoms with Crippen LogP contribution in [0.2, 0.25) is 0 Å². The normalized spacial score (nSPS) is 18.2. The van der Waals surface area contributed by atoms with Gasteiger partial charge in [-0.05, 0) is 173 Å². The first-order chi connectivity index (χ1) is 31.5. The average molecular weight is 1160 g/mol. The smallest absolute Gasteiger partial charge is 0.143 e. The van der Waals surface area contributed by atoms with Crippen LogP contribution >= 0.6 is 135 Å². The number of hydrogen-bond donors (Lipinski definition) is 0. The first kappa shape index (κ1) is 75.7. The molecule has 3 saturated heterocycles. The molecule has 6 nitrogen and oxygen atoms in total. The molecule has 0 amide bonds. The predicted octanol–water partition coefficient (Wildman–Crippen LogP) is 16.7. The summed E-state index contributed by atoms with van der Waals surface area (Å²) in [4.78, 5) is 64.1. The highest BCUT2D eigenvalue weighted by atomic mass is 33.1. The van der Waals surface area contributed by atoms with Crippen LogP contribution in [-0.2, 0) is 28.8 Å². The van der Waals surface area contributed by atoms with Crippen molar-refractivity contribution in [3.05, 3.63) is 0 Å². The van der Waals surface area contributed by atoms with E-state index in [1.807, 2.05) is 96.5 Å². The van der Waals surface area contributed by atoms with Gasteiger partial charge in [-0.2, -0.15) is 70.6 Å². The summed E-state index contributed by atoms with van der Waals surface area (Å²) in [5, 5.41) is 3.65. The molecule has 0 aromatic rings. The zero-order chi connectivity index (χ0) is 50.4. The van der Waals surface area contributed by atoms with Gasteiger partial charge >= 0.3 is 0 Å². The zero-order valence-corrected chi connectivity index (χ0v) is 52.6. The standard InChI is InChI=1S/C11H22OS2.C9H16OS2.C9H18OS2.C7H12OS2.C7H14OS2.C5H8OS2.CH4/c1-10(12)6-4-5-7-11(14-3)8-9-13-2;1-8(10)4-2-3-5-9-6-7-11-12-9;1-8(10)4-5-9(12-3)6-7-11-2;1-6(8)2-3-7-4-5-9-10-7;1-6(8)7(10-3)4-5-9-2;1-4(6)5-2-3-7-8-5;/h11H,4-9H2,1-3H3;9H,2-7H2,1H3;9H,4-7H2,1-3H3;7H,2-5H2,1H3;7H,4-5H2,1-3H3;5H,2-3H2,1H3;1H4. The van der Waals surface area contributed by atoms with Crippen molar-refractivity contribution in [3.8, 4) is 0 Å². The Morgan fingerprint density at radius 2 is 0.896 bits per heavy atom. The molecule has 0 radical (unpaired) electrons. The van der Waals surface area contributed by atoms with E-state index in [2.05, 4.69) is 31.3 Å². The molecule has 0 aromatic carbocycles. The average Bonchev–Trinajstić information content (AvgIpc) is 4.11. The van der Waals surface area contributed by atoms with Gasteiger partial charge in [-0.1, -0.05) is 85.0 Å². The van der Waals surface area contributed by atoms with Crippen molar-refractivity contribution >= 4 is 170 Å². The lowest BCUT2D eigenvalue weighted by Gasteiger charge is -2.12.